The smallest absolute Gasteiger partial charge is 0.419 e. The first-order valence-electron chi connectivity index (χ1n) is 9.57. The van der Waals surface area contributed by atoms with E-state index in [2.05, 4.69) is 4.57 Å². The van der Waals surface area contributed by atoms with Crippen molar-refractivity contribution in [2.45, 2.75) is 25.7 Å². The van der Waals surface area contributed by atoms with Gasteiger partial charge in [0.2, 0.25) is 0 Å². The normalized spacial score (nSPS) is 16.3. The van der Waals surface area contributed by atoms with Crippen molar-refractivity contribution in [2.75, 3.05) is 13.7 Å². The number of rotatable bonds is 3. The molecule has 0 saturated carbocycles. The van der Waals surface area contributed by atoms with Crippen LogP contribution in [0.25, 0.3) is 0 Å². The first-order chi connectivity index (χ1) is 14.3. The summed E-state index contributed by atoms with van der Waals surface area (Å²) in [6.45, 7) is 2.96. The number of hydrogen-bond acceptors (Lipinski definition) is 2. The highest BCUT2D eigenvalue weighted by molar-refractivity contribution is 5.95. The van der Waals surface area contributed by atoms with Gasteiger partial charge in [0.25, 0.3) is 5.91 Å². The van der Waals surface area contributed by atoms with Gasteiger partial charge in [0.1, 0.15) is 5.75 Å². The van der Waals surface area contributed by atoms with Crippen molar-refractivity contribution >= 4 is 5.91 Å². The molecule has 0 spiro atoms. The Morgan fingerprint density at radius 1 is 1.07 bits per heavy atom. The summed E-state index contributed by atoms with van der Waals surface area (Å²) in [6.07, 6.45) is -2.66. The molecule has 0 N–H and O–H groups in total. The lowest BCUT2D eigenvalue weighted by atomic mass is 9.97. The Morgan fingerprint density at radius 3 is 2.47 bits per heavy atom. The number of alkyl halides is 3. The van der Waals surface area contributed by atoms with Crippen LogP contribution < -0.4 is 4.74 Å². The van der Waals surface area contributed by atoms with Crippen LogP contribution in [0.3, 0.4) is 0 Å². The second kappa shape index (κ2) is 7.55. The fraction of sp³-hybridized carbons (Fsp3) is 0.261. The molecule has 1 atom stereocenters. The minimum absolute atomic E-state index is 0.0137. The van der Waals surface area contributed by atoms with Crippen LogP contribution in [-0.2, 0) is 12.7 Å². The minimum atomic E-state index is -4.62. The maximum Gasteiger partial charge on any atom is 0.419 e. The molecule has 2 aromatic carbocycles. The van der Waals surface area contributed by atoms with E-state index in [1.807, 2.05) is 49.5 Å². The van der Waals surface area contributed by atoms with E-state index < -0.39 is 17.6 Å². The molecule has 30 heavy (non-hydrogen) atoms. The van der Waals surface area contributed by atoms with Crippen LogP contribution in [0.5, 0.6) is 5.75 Å². The number of nitrogens with zero attached hydrogens (tertiary/aromatic N) is 2. The molecular weight excluding hydrogens is 393 g/mol. The highest BCUT2D eigenvalue weighted by Crippen LogP contribution is 2.38. The molecule has 1 amide bonds. The van der Waals surface area contributed by atoms with Crippen LogP contribution in [-0.4, -0.2) is 29.0 Å². The van der Waals surface area contributed by atoms with E-state index in [-0.39, 0.29) is 17.4 Å². The molecule has 2 heterocycles. The zero-order chi connectivity index (χ0) is 21.5. The van der Waals surface area contributed by atoms with Gasteiger partial charge < -0.3 is 14.2 Å². The number of aryl methyl sites for hydroxylation is 1. The van der Waals surface area contributed by atoms with Crippen LogP contribution in [0.1, 0.15) is 38.8 Å². The zero-order valence-corrected chi connectivity index (χ0v) is 16.6. The van der Waals surface area contributed by atoms with Gasteiger partial charge in [-0.2, -0.15) is 13.2 Å². The maximum absolute atomic E-state index is 13.4. The Kier molecular flexibility index (Phi) is 5.05. The Hall–Kier alpha value is -3.22. The van der Waals surface area contributed by atoms with Crippen molar-refractivity contribution in [3.63, 3.8) is 0 Å². The predicted molar refractivity (Wildman–Crippen MR) is 106 cm³/mol. The third kappa shape index (κ3) is 3.56. The lowest BCUT2D eigenvalue weighted by Crippen LogP contribution is -2.42. The summed E-state index contributed by atoms with van der Waals surface area (Å²) in [5.74, 6) is -0.747. The highest BCUT2D eigenvalue weighted by Gasteiger charge is 2.37. The lowest BCUT2D eigenvalue weighted by Gasteiger charge is -2.37. The van der Waals surface area contributed by atoms with Crippen LogP contribution in [0, 0.1) is 6.92 Å². The number of methoxy groups -OCH3 is 1. The number of amides is 1. The van der Waals surface area contributed by atoms with E-state index >= 15 is 0 Å². The van der Waals surface area contributed by atoms with Crippen LogP contribution in [0.15, 0.2) is 60.8 Å². The molecule has 1 aromatic heterocycles. The topological polar surface area (TPSA) is 34.5 Å². The van der Waals surface area contributed by atoms with Crippen molar-refractivity contribution in [3.8, 4) is 5.75 Å². The van der Waals surface area contributed by atoms with Gasteiger partial charge in [-0.15, -0.1) is 0 Å². The molecule has 1 aliphatic rings. The second-order valence-corrected chi connectivity index (χ2v) is 7.35. The third-order valence-electron chi connectivity index (χ3n) is 5.44. The van der Waals surface area contributed by atoms with Crippen molar-refractivity contribution in [3.05, 3.63) is 88.7 Å². The first-order valence-corrected chi connectivity index (χ1v) is 9.57. The molecule has 0 fully saturated rings. The van der Waals surface area contributed by atoms with Gasteiger partial charge in [-0.25, -0.2) is 0 Å². The quantitative estimate of drug-likeness (QED) is 0.600. The molecule has 0 bridgehead atoms. The Bertz CT molecular complexity index is 1070. The maximum atomic E-state index is 13.4. The predicted octanol–water partition coefficient (Wildman–Crippen LogP) is 5.07. The van der Waals surface area contributed by atoms with Gasteiger partial charge >= 0.3 is 6.18 Å². The lowest BCUT2D eigenvalue weighted by molar-refractivity contribution is -0.138. The number of carbonyl (C=O) groups excluding carboxylic acids is 1. The van der Waals surface area contributed by atoms with Crippen molar-refractivity contribution in [1.29, 1.82) is 0 Å². The van der Waals surface area contributed by atoms with Gasteiger partial charge in [-0.1, -0.05) is 29.8 Å². The van der Waals surface area contributed by atoms with E-state index in [1.165, 1.54) is 19.2 Å². The molecule has 0 unspecified atom stereocenters. The second-order valence-electron chi connectivity index (χ2n) is 7.35. The van der Waals surface area contributed by atoms with E-state index in [0.29, 0.717) is 13.1 Å². The van der Waals surface area contributed by atoms with E-state index in [1.54, 1.807) is 4.90 Å². The largest absolute Gasteiger partial charge is 0.496 e. The Labute approximate surface area is 172 Å². The molecule has 0 aliphatic carbocycles. The Morgan fingerprint density at radius 2 is 1.80 bits per heavy atom. The summed E-state index contributed by atoms with van der Waals surface area (Å²) in [7, 11) is 1.18. The van der Waals surface area contributed by atoms with Crippen LogP contribution in [0.2, 0.25) is 0 Å². The number of aromatic nitrogens is 1. The van der Waals surface area contributed by atoms with Gasteiger partial charge in [0.15, 0.2) is 0 Å². The number of hydrogen-bond donors (Lipinski definition) is 0. The van der Waals surface area contributed by atoms with Crippen molar-refractivity contribution < 1.29 is 22.7 Å². The number of carbonyl (C=O) groups is 1. The summed E-state index contributed by atoms with van der Waals surface area (Å²) < 4.78 is 47.3. The van der Waals surface area contributed by atoms with Crippen molar-refractivity contribution in [1.82, 2.24) is 9.47 Å². The van der Waals surface area contributed by atoms with E-state index in [4.69, 9.17) is 4.74 Å². The van der Waals surface area contributed by atoms with Gasteiger partial charge in [0, 0.05) is 30.5 Å². The molecule has 3 aromatic rings. The molecule has 156 valence electrons. The summed E-state index contributed by atoms with van der Waals surface area (Å²) in [5, 5.41) is 0. The van der Waals surface area contributed by atoms with Gasteiger partial charge in [-0.3, -0.25) is 4.79 Å². The monoisotopic (exact) mass is 414 g/mol. The van der Waals surface area contributed by atoms with Crippen LogP contribution >= 0.6 is 0 Å². The Balaban J connectivity index is 1.77. The molecule has 0 radical (unpaired) electrons. The van der Waals surface area contributed by atoms with Crippen molar-refractivity contribution in [2.24, 2.45) is 0 Å². The number of halogens is 3. The summed E-state index contributed by atoms with van der Waals surface area (Å²) in [6, 6.07) is 14.8. The molecular formula is C23H21F3N2O2. The van der Waals surface area contributed by atoms with Gasteiger partial charge in [-0.05, 0) is 42.8 Å². The van der Waals surface area contributed by atoms with Gasteiger partial charge in [0.05, 0.1) is 18.7 Å². The summed E-state index contributed by atoms with van der Waals surface area (Å²) >= 11 is 0. The average Bonchev–Trinajstić information content (AvgIpc) is 3.21. The fourth-order valence-electron chi connectivity index (χ4n) is 3.93. The standard InChI is InChI=1S/C23H21F3N2O2/c1-15-5-7-16(8-6-15)21-19-4-3-11-27(19)12-13-28(21)22(29)17-9-10-20(30-2)18(14-17)23(24,25)26/h3-11,14,21H,12-13H2,1-2H3/t21-/m1/s1. The number of fused-ring (bicyclic) bond motifs is 1. The average molecular weight is 414 g/mol. The molecule has 7 heteroatoms. The third-order valence-corrected chi connectivity index (χ3v) is 5.44. The zero-order valence-electron chi connectivity index (χ0n) is 16.6. The number of ether oxygens (including phenoxy) is 1. The fourth-order valence-corrected chi connectivity index (χ4v) is 3.93. The van der Waals surface area contributed by atoms with E-state index in [0.717, 1.165) is 22.9 Å². The number of benzene rings is 2. The SMILES string of the molecule is COc1ccc(C(=O)N2CCn3cccc3[C@H]2c2ccc(C)cc2)cc1C(F)(F)F. The molecule has 1 aliphatic heterocycles. The van der Waals surface area contributed by atoms with Crippen LogP contribution in [0.4, 0.5) is 13.2 Å². The summed E-state index contributed by atoms with van der Waals surface area (Å²) in [4.78, 5) is 15.0. The highest BCUT2D eigenvalue weighted by atomic mass is 19.4. The molecule has 0 saturated heterocycles. The molecule has 4 nitrogen and oxygen atoms in total. The summed E-state index contributed by atoms with van der Waals surface area (Å²) in [5.41, 5.74) is 1.97. The molecule has 4 rings (SSSR count). The first kappa shape index (κ1) is 20.1. The van der Waals surface area contributed by atoms with E-state index in [9.17, 15) is 18.0 Å². The minimum Gasteiger partial charge on any atom is -0.496 e.